The molecule has 0 saturated carbocycles. The summed E-state index contributed by atoms with van der Waals surface area (Å²) in [4.78, 5) is 0.365. The molecule has 1 aliphatic heterocycles. The molecule has 0 bridgehead atoms. The molecule has 1 heterocycles. The summed E-state index contributed by atoms with van der Waals surface area (Å²) in [6, 6.07) is 15.5. The summed E-state index contributed by atoms with van der Waals surface area (Å²) in [7, 11) is -3.59. The van der Waals surface area contributed by atoms with Gasteiger partial charge < -0.3 is 4.74 Å². The number of sulfonamides is 1. The summed E-state index contributed by atoms with van der Waals surface area (Å²) in [5.41, 5.74) is 4.58. The highest BCUT2D eigenvalue weighted by molar-refractivity contribution is 7.89. The van der Waals surface area contributed by atoms with Crippen LogP contribution in [0.5, 0.6) is 5.75 Å². The molecule has 2 aliphatic rings. The average molecular weight is 365 g/mol. The number of hydrogen-bond donors (Lipinski definition) is 1. The van der Waals surface area contributed by atoms with Gasteiger partial charge in [-0.25, -0.2) is 13.1 Å². The Morgan fingerprint density at radius 1 is 0.923 bits per heavy atom. The summed E-state index contributed by atoms with van der Waals surface area (Å²) in [5, 5.41) is 1.94. The molecule has 0 radical (unpaired) electrons. The molecule has 3 aromatic carbocycles. The van der Waals surface area contributed by atoms with Crippen molar-refractivity contribution in [2.75, 3.05) is 6.61 Å². The Labute approximate surface area is 152 Å². The summed E-state index contributed by atoms with van der Waals surface area (Å²) >= 11 is 0. The maximum atomic E-state index is 13.0. The Kier molecular flexibility index (Phi) is 3.55. The van der Waals surface area contributed by atoms with E-state index in [1.807, 2.05) is 36.4 Å². The van der Waals surface area contributed by atoms with Crippen LogP contribution in [0, 0.1) is 0 Å². The van der Waals surface area contributed by atoms with E-state index in [1.54, 1.807) is 6.07 Å². The predicted molar refractivity (Wildman–Crippen MR) is 101 cm³/mol. The van der Waals surface area contributed by atoms with E-state index in [-0.39, 0.29) is 6.54 Å². The molecule has 3 aromatic rings. The van der Waals surface area contributed by atoms with E-state index in [1.165, 1.54) is 11.1 Å². The molecular formula is C21H19NO3S. The second-order valence-corrected chi connectivity index (χ2v) is 8.66. The minimum absolute atomic E-state index is 0.276. The molecule has 0 saturated heterocycles. The van der Waals surface area contributed by atoms with Crippen LogP contribution in [0.1, 0.15) is 22.3 Å². The van der Waals surface area contributed by atoms with Crippen LogP contribution < -0.4 is 9.46 Å². The molecule has 0 unspecified atom stereocenters. The van der Waals surface area contributed by atoms with E-state index in [4.69, 9.17) is 4.74 Å². The van der Waals surface area contributed by atoms with Crippen molar-refractivity contribution in [3.8, 4) is 5.75 Å². The Hall–Kier alpha value is -2.37. The van der Waals surface area contributed by atoms with Crippen LogP contribution in [0.15, 0.2) is 53.4 Å². The monoisotopic (exact) mass is 365 g/mol. The van der Waals surface area contributed by atoms with Crippen molar-refractivity contribution in [3.63, 3.8) is 0 Å². The van der Waals surface area contributed by atoms with Gasteiger partial charge in [-0.05, 0) is 52.6 Å². The lowest BCUT2D eigenvalue weighted by molar-refractivity contribution is 0.357. The molecule has 132 valence electrons. The third-order valence-electron chi connectivity index (χ3n) is 5.35. The van der Waals surface area contributed by atoms with Gasteiger partial charge in [0.15, 0.2) is 0 Å². The molecular weight excluding hydrogens is 346 g/mol. The van der Waals surface area contributed by atoms with Crippen LogP contribution in [0.25, 0.3) is 10.8 Å². The standard InChI is InChI=1S/C21H19NO3S/c23-26(24,22-13-14-4-8-19-17(12-14)10-11-25-19)20-9-7-16-6-5-15-2-1-3-18(20)21(15)16/h1-4,7-9,12,22H,5-6,10-11,13H2. The average Bonchev–Trinajstić information content (AvgIpc) is 3.28. The molecule has 0 spiro atoms. The first-order valence-electron chi connectivity index (χ1n) is 8.89. The molecule has 1 N–H and O–H groups in total. The van der Waals surface area contributed by atoms with Crippen LogP contribution in [0.2, 0.25) is 0 Å². The number of ether oxygens (including phenoxy) is 1. The van der Waals surface area contributed by atoms with Gasteiger partial charge in [0.2, 0.25) is 10.0 Å². The maximum Gasteiger partial charge on any atom is 0.241 e. The highest BCUT2D eigenvalue weighted by Gasteiger charge is 2.22. The predicted octanol–water partition coefficient (Wildman–Crippen LogP) is 3.35. The smallest absolute Gasteiger partial charge is 0.241 e. The Balaban J connectivity index is 1.47. The van der Waals surface area contributed by atoms with Crippen molar-refractivity contribution >= 4 is 20.8 Å². The SMILES string of the molecule is O=S(=O)(NCc1ccc2c(c1)CCO2)c1ccc2c3c(cccc13)CC2. The zero-order chi connectivity index (χ0) is 17.7. The van der Waals surface area contributed by atoms with Gasteiger partial charge >= 0.3 is 0 Å². The van der Waals surface area contributed by atoms with E-state index in [0.717, 1.165) is 46.9 Å². The van der Waals surface area contributed by atoms with E-state index >= 15 is 0 Å². The summed E-state index contributed by atoms with van der Waals surface area (Å²) in [6.45, 7) is 0.976. The molecule has 1 aliphatic carbocycles. The van der Waals surface area contributed by atoms with Gasteiger partial charge in [0, 0.05) is 18.4 Å². The zero-order valence-corrected chi connectivity index (χ0v) is 15.1. The second kappa shape index (κ2) is 5.83. The van der Waals surface area contributed by atoms with E-state index in [2.05, 4.69) is 10.8 Å². The quantitative estimate of drug-likeness (QED) is 0.771. The van der Waals surface area contributed by atoms with Crippen LogP contribution in [0.4, 0.5) is 0 Å². The maximum absolute atomic E-state index is 13.0. The highest BCUT2D eigenvalue weighted by atomic mass is 32.2. The largest absolute Gasteiger partial charge is 0.493 e. The van der Waals surface area contributed by atoms with Gasteiger partial charge in [-0.1, -0.05) is 36.4 Å². The third-order valence-corrected chi connectivity index (χ3v) is 6.81. The fourth-order valence-electron chi connectivity index (χ4n) is 4.06. The van der Waals surface area contributed by atoms with Crippen molar-refractivity contribution in [3.05, 3.63) is 70.8 Å². The van der Waals surface area contributed by atoms with Gasteiger partial charge in [-0.3, -0.25) is 0 Å². The molecule has 26 heavy (non-hydrogen) atoms. The first-order valence-corrected chi connectivity index (χ1v) is 10.4. The van der Waals surface area contributed by atoms with Gasteiger partial charge in [0.05, 0.1) is 11.5 Å². The van der Waals surface area contributed by atoms with Crippen molar-refractivity contribution in [2.24, 2.45) is 0 Å². The van der Waals surface area contributed by atoms with Gasteiger partial charge in [-0.2, -0.15) is 0 Å². The number of hydrogen-bond acceptors (Lipinski definition) is 3. The molecule has 0 fully saturated rings. The van der Waals surface area contributed by atoms with Crippen molar-refractivity contribution in [2.45, 2.75) is 30.7 Å². The number of aryl methyl sites for hydroxylation is 2. The molecule has 0 aromatic heterocycles. The second-order valence-electron chi connectivity index (χ2n) is 6.93. The molecule has 0 atom stereocenters. The molecule has 0 amide bonds. The number of rotatable bonds is 4. The minimum atomic E-state index is -3.59. The molecule has 5 rings (SSSR count). The first-order chi connectivity index (χ1) is 12.6. The lowest BCUT2D eigenvalue weighted by Gasteiger charge is -2.11. The Morgan fingerprint density at radius 3 is 2.65 bits per heavy atom. The fourth-order valence-corrected chi connectivity index (χ4v) is 5.28. The number of nitrogens with one attached hydrogen (secondary N) is 1. The van der Waals surface area contributed by atoms with Crippen LogP contribution in [-0.4, -0.2) is 15.0 Å². The number of fused-ring (bicyclic) bond motifs is 1. The summed E-state index contributed by atoms with van der Waals surface area (Å²) in [5.74, 6) is 0.907. The Morgan fingerprint density at radius 2 is 1.77 bits per heavy atom. The fraction of sp³-hybridized carbons (Fsp3) is 0.238. The third kappa shape index (κ3) is 2.50. The van der Waals surface area contributed by atoms with Crippen LogP contribution in [0.3, 0.4) is 0 Å². The Bertz CT molecular complexity index is 1130. The van der Waals surface area contributed by atoms with Gasteiger partial charge in [-0.15, -0.1) is 0 Å². The van der Waals surface area contributed by atoms with Crippen molar-refractivity contribution in [1.82, 2.24) is 4.72 Å². The zero-order valence-electron chi connectivity index (χ0n) is 14.3. The van der Waals surface area contributed by atoms with Crippen LogP contribution >= 0.6 is 0 Å². The topological polar surface area (TPSA) is 55.4 Å². The summed E-state index contributed by atoms with van der Waals surface area (Å²) < 4.78 is 34.2. The number of benzene rings is 3. The van der Waals surface area contributed by atoms with E-state index in [9.17, 15) is 8.42 Å². The van der Waals surface area contributed by atoms with E-state index < -0.39 is 10.0 Å². The molecule has 4 nitrogen and oxygen atoms in total. The summed E-state index contributed by atoms with van der Waals surface area (Å²) in [6.07, 6.45) is 2.85. The lowest BCUT2D eigenvalue weighted by Crippen LogP contribution is -2.23. The minimum Gasteiger partial charge on any atom is -0.493 e. The van der Waals surface area contributed by atoms with Crippen LogP contribution in [-0.2, 0) is 35.8 Å². The van der Waals surface area contributed by atoms with Gasteiger partial charge in [0.25, 0.3) is 0 Å². The van der Waals surface area contributed by atoms with Crippen molar-refractivity contribution in [1.29, 1.82) is 0 Å². The van der Waals surface area contributed by atoms with E-state index in [0.29, 0.717) is 11.5 Å². The highest BCUT2D eigenvalue weighted by Crippen LogP contribution is 2.34. The normalized spacial score (nSPS) is 15.2. The molecule has 5 heteroatoms. The van der Waals surface area contributed by atoms with Gasteiger partial charge in [0.1, 0.15) is 5.75 Å². The first kappa shape index (κ1) is 15.9. The van der Waals surface area contributed by atoms with Crippen molar-refractivity contribution < 1.29 is 13.2 Å². The lowest BCUT2D eigenvalue weighted by atomic mass is 10.1.